The van der Waals surface area contributed by atoms with Crippen molar-refractivity contribution in [2.45, 2.75) is 124 Å². The molecule has 0 aromatic heterocycles. The molecule has 0 aromatic carbocycles. The van der Waals surface area contributed by atoms with Gasteiger partial charge in [0.25, 0.3) is 5.91 Å². The molecule has 2 aliphatic carbocycles. The Balaban J connectivity index is 1.87. The Morgan fingerprint density at radius 2 is 1.60 bits per heavy atom. The van der Waals surface area contributed by atoms with Crippen LogP contribution in [0.1, 0.15) is 100 Å². The Morgan fingerprint density at radius 3 is 2.08 bits per heavy atom. The van der Waals surface area contributed by atoms with E-state index in [0.717, 1.165) is 32.1 Å². The van der Waals surface area contributed by atoms with Crippen molar-refractivity contribution in [3.05, 3.63) is 0 Å². The van der Waals surface area contributed by atoms with Crippen LogP contribution in [-0.2, 0) is 23.9 Å². The molecule has 10 nitrogen and oxygen atoms in total. The summed E-state index contributed by atoms with van der Waals surface area (Å²) in [7, 11) is 0. The highest BCUT2D eigenvalue weighted by Gasteiger charge is 2.62. The number of carbonyl (C=O) groups is 5. The van der Waals surface area contributed by atoms with E-state index in [1.807, 2.05) is 20.8 Å². The van der Waals surface area contributed by atoms with Crippen molar-refractivity contribution in [1.82, 2.24) is 15.5 Å². The number of carbonyl (C=O) groups excluding carboxylic acids is 5. The van der Waals surface area contributed by atoms with Gasteiger partial charge in [-0.15, -0.1) is 0 Å². The number of hydrogen-bond acceptors (Lipinski definition) is 6. The highest BCUT2D eigenvalue weighted by molar-refractivity contribution is 6.37. The molecule has 40 heavy (non-hydrogen) atoms. The van der Waals surface area contributed by atoms with Crippen LogP contribution in [0.25, 0.3) is 0 Å². The summed E-state index contributed by atoms with van der Waals surface area (Å²) in [4.78, 5) is 66.7. The molecule has 3 aliphatic rings. The molecule has 4 amide bonds. The first-order chi connectivity index (χ1) is 18.3. The lowest BCUT2D eigenvalue weighted by Gasteiger charge is -2.36. The summed E-state index contributed by atoms with van der Waals surface area (Å²) in [5.74, 6) is -1.57. The molecule has 0 bridgehead atoms. The number of amides is 4. The summed E-state index contributed by atoms with van der Waals surface area (Å²) in [5, 5.41) is 5.56. The van der Waals surface area contributed by atoms with Gasteiger partial charge in [0.2, 0.25) is 17.6 Å². The standard InChI is InChI=1S/C30H50N4O6/c1-17(2)12-19-14-30(19)15-21(25(37)32-20(22(35)24(31)36)13-18-10-9-11-18)34(16-30)26(38)23(28(3,4)5)33-27(39)40-29(6,7)8/h17-21,23H,9-16H2,1-8H3,(H2,31,36)(H,32,37)(H,33,39)/t19-,20?,21?,23+,30?/m1/s1. The minimum atomic E-state index is -1.08. The largest absolute Gasteiger partial charge is 0.444 e. The van der Waals surface area contributed by atoms with Gasteiger partial charge in [-0.2, -0.15) is 0 Å². The van der Waals surface area contributed by atoms with Crippen molar-refractivity contribution >= 4 is 29.6 Å². The molecule has 3 fully saturated rings. The Kier molecular flexibility index (Phi) is 9.31. The van der Waals surface area contributed by atoms with E-state index in [1.165, 1.54) is 0 Å². The number of nitrogens with zero attached hydrogens (tertiary/aromatic N) is 1. The maximum absolute atomic E-state index is 14.1. The second-order valence-corrected chi connectivity index (χ2v) is 14.8. The molecule has 1 spiro atoms. The van der Waals surface area contributed by atoms with Gasteiger partial charge in [-0.1, -0.05) is 53.9 Å². The normalized spacial score (nSPS) is 26.2. The molecule has 1 heterocycles. The van der Waals surface area contributed by atoms with E-state index < -0.39 is 52.8 Å². The van der Waals surface area contributed by atoms with Crippen LogP contribution in [0.3, 0.4) is 0 Å². The lowest BCUT2D eigenvalue weighted by atomic mass is 9.80. The van der Waals surface area contributed by atoms with Crippen molar-refractivity contribution in [1.29, 1.82) is 0 Å². The van der Waals surface area contributed by atoms with Crippen LogP contribution in [-0.4, -0.2) is 64.8 Å². The number of primary amides is 1. The number of ketones is 1. The van der Waals surface area contributed by atoms with Gasteiger partial charge in [0.05, 0.1) is 6.04 Å². The van der Waals surface area contributed by atoms with Crippen molar-refractivity contribution in [2.75, 3.05) is 6.54 Å². The van der Waals surface area contributed by atoms with E-state index in [2.05, 4.69) is 24.5 Å². The second kappa shape index (κ2) is 11.7. The van der Waals surface area contributed by atoms with Crippen molar-refractivity contribution in [3.8, 4) is 0 Å². The molecule has 3 rings (SSSR count). The molecule has 1 saturated heterocycles. The molecule has 3 unspecified atom stereocenters. The molecule has 1 aliphatic heterocycles. The minimum absolute atomic E-state index is 0.173. The number of nitrogens with one attached hydrogen (secondary N) is 2. The first kappa shape index (κ1) is 31.9. The van der Waals surface area contributed by atoms with Crippen LogP contribution in [0, 0.1) is 28.6 Å². The fourth-order valence-electron chi connectivity index (χ4n) is 6.23. The zero-order chi connectivity index (χ0) is 30.2. The minimum Gasteiger partial charge on any atom is -0.444 e. The Bertz CT molecular complexity index is 1010. The zero-order valence-electron chi connectivity index (χ0n) is 25.6. The average molecular weight is 563 g/mol. The van der Waals surface area contributed by atoms with E-state index in [1.54, 1.807) is 25.7 Å². The molecule has 0 radical (unpaired) electrons. The van der Waals surface area contributed by atoms with Gasteiger partial charge >= 0.3 is 6.09 Å². The topological polar surface area (TPSA) is 148 Å². The highest BCUT2D eigenvalue weighted by Crippen LogP contribution is 2.62. The molecule has 0 aromatic rings. The first-order valence-corrected chi connectivity index (χ1v) is 14.8. The molecule has 5 atom stereocenters. The van der Waals surface area contributed by atoms with Gasteiger partial charge < -0.3 is 26.0 Å². The Labute approximate surface area is 238 Å². The number of ether oxygens (including phenoxy) is 1. The van der Waals surface area contributed by atoms with Crippen molar-refractivity contribution in [2.24, 2.45) is 34.3 Å². The smallest absolute Gasteiger partial charge is 0.408 e. The third-order valence-electron chi connectivity index (χ3n) is 8.61. The van der Waals surface area contributed by atoms with Crippen LogP contribution in [0.5, 0.6) is 0 Å². The number of rotatable bonds is 10. The summed E-state index contributed by atoms with van der Waals surface area (Å²) < 4.78 is 5.44. The molecule has 4 N–H and O–H groups in total. The van der Waals surface area contributed by atoms with Gasteiger partial charge in [-0.05, 0) is 75.0 Å². The third kappa shape index (κ3) is 7.75. The van der Waals surface area contributed by atoms with Crippen LogP contribution in [0.15, 0.2) is 0 Å². The van der Waals surface area contributed by atoms with Gasteiger partial charge in [0.1, 0.15) is 17.7 Å². The molecular formula is C30H50N4O6. The highest BCUT2D eigenvalue weighted by atomic mass is 16.6. The maximum Gasteiger partial charge on any atom is 0.408 e. The van der Waals surface area contributed by atoms with E-state index in [9.17, 15) is 24.0 Å². The van der Waals surface area contributed by atoms with Gasteiger partial charge in [0, 0.05) is 6.54 Å². The van der Waals surface area contributed by atoms with Crippen LogP contribution < -0.4 is 16.4 Å². The lowest BCUT2D eigenvalue weighted by molar-refractivity contribution is -0.143. The van der Waals surface area contributed by atoms with Crippen LogP contribution in [0.2, 0.25) is 0 Å². The average Bonchev–Trinajstić information content (AvgIpc) is 3.25. The lowest BCUT2D eigenvalue weighted by Crippen LogP contribution is -2.59. The summed E-state index contributed by atoms with van der Waals surface area (Å²) in [5.41, 5.74) is 3.74. The van der Waals surface area contributed by atoms with E-state index in [0.29, 0.717) is 31.2 Å². The number of alkyl carbamates (subject to hydrolysis) is 1. The maximum atomic E-state index is 14.1. The van der Waals surface area contributed by atoms with Gasteiger partial charge in [-0.25, -0.2) is 4.79 Å². The number of Topliss-reactive ketones (excluding diaryl/α,β-unsaturated/α-hetero) is 1. The fourth-order valence-corrected chi connectivity index (χ4v) is 6.23. The van der Waals surface area contributed by atoms with E-state index in [4.69, 9.17) is 10.5 Å². The SMILES string of the molecule is CC(C)C[C@@H]1CC12CC(C(=O)NC(CC1CCC1)C(=O)C(N)=O)N(C(=O)[C@H](NC(=O)OC(C)(C)C)C(C)(C)C)C2. The summed E-state index contributed by atoms with van der Waals surface area (Å²) in [6.45, 7) is 15.5. The fraction of sp³-hybridized carbons (Fsp3) is 0.833. The molecule has 2 saturated carbocycles. The monoisotopic (exact) mass is 562 g/mol. The Morgan fingerprint density at radius 1 is 0.975 bits per heavy atom. The van der Waals surface area contributed by atoms with Gasteiger partial charge in [0.15, 0.2) is 0 Å². The number of nitrogens with two attached hydrogens (primary N) is 1. The van der Waals surface area contributed by atoms with Crippen LogP contribution in [0.4, 0.5) is 4.79 Å². The summed E-state index contributed by atoms with van der Waals surface area (Å²) in [6, 6.07) is -2.76. The number of hydrogen-bond donors (Lipinski definition) is 3. The molecule has 226 valence electrons. The molecular weight excluding hydrogens is 512 g/mol. The van der Waals surface area contributed by atoms with E-state index in [-0.39, 0.29) is 17.2 Å². The predicted molar refractivity (Wildman–Crippen MR) is 151 cm³/mol. The quantitative estimate of drug-likeness (QED) is 0.348. The van der Waals surface area contributed by atoms with Crippen LogP contribution >= 0.6 is 0 Å². The van der Waals surface area contributed by atoms with Gasteiger partial charge in [-0.3, -0.25) is 19.2 Å². The Hall–Kier alpha value is -2.65. The third-order valence-corrected chi connectivity index (χ3v) is 8.61. The molecule has 10 heteroatoms. The van der Waals surface area contributed by atoms with Crippen molar-refractivity contribution < 1.29 is 28.7 Å². The second-order valence-electron chi connectivity index (χ2n) is 14.8. The first-order valence-electron chi connectivity index (χ1n) is 14.8. The van der Waals surface area contributed by atoms with Crippen molar-refractivity contribution in [3.63, 3.8) is 0 Å². The summed E-state index contributed by atoms with van der Waals surface area (Å²) >= 11 is 0. The number of likely N-dealkylation sites (tertiary alicyclic amines) is 1. The predicted octanol–water partition coefficient (Wildman–Crippen LogP) is 3.31. The zero-order valence-corrected chi connectivity index (χ0v) is 25.6. The van der Waals surface area contributed by atoms with E-state index >= 15 is 0 Å². The summed E-state index contributed by atoms with van der Waals surface area (Å²) in [6.07, 6.45) is 4.99.